The van der Waals surface area contributed by atoms with Crippen LogP contribution in [0.3, 0.4) is 0 Å². The van der Waals surface area contributed by atoms with E-state index < -0.39 is 123 Å². The smallest absolute Gasteiger partial charge is 0.280 e. The van der Waals surface area contributed by atoms with Crippen molar-refractivity contribution < 1.29 is 65.1 Å². The molecule has 18 nitrogen and oxygen atoms in total. The van der Waals surface area contributed by atoms with Gasteiger partial charge < -0.3 is 16.0 Å². The summed E-state index contributed by atoms with van der Waals surface area (Å²) in [7, 11) is -13.5. The van der Waals surface area contributed by atoms with E-state index in [2.05, 4.69) is 77.9 Å². The molecule has 2 unspecified atom stereocenters. The molecule has 3 fully saturated rings. The van der Waals surface area contributed by atoms with Crippen molar-refractivity contribution in [3.8, 4) is 0 Å². The molecule has 33 heteroatoms. The van der Waals surface area contributed by atoms with Gasteiger partial charge in [0.25, 0.3) is 30.6 Å². The van der Waals surface area contributed by atoms with Crippen LogP contribution in [0.2, 0.25) is 15.1 Å². The van der Waals surface area contributed by atoms with Crippen molar-refractivity contribution in [2.45, 2.75) is 77.8 Å². The summed E-state index contributed by atoms with van der Waals surface area (Å²) in [5, 5.41) is 6.53. The lowest BCUT2D eigenvalue weighted by Gasteiger charge is -2.35. The number of carbonyl (C=O) groups excluding carboxylic acids is 3. The van der Waals surface area contributed by atoms with Gasteiger partial charge in [-0.2, -0.15) is 52.3 Å². The molecule has 0 saturated carbocycles. The number of carbonyl (C=O) groups is 3. The van der Waals surface area contributed by atoms with E-state index in [0.29, 0.717) is 14.6 Å². The first-order valence-electron chi connectivity index (χ1n) is 26.1. The minimum Gasteiger partial charge on any atom is -0.325 e. The molecular formula is C48H54Br3Cl3F3N9O9S6. The maximum atomic E-state index is 13.3. The van der Waals surface area contributed by atoms with E-state index >= 15 is 0 Å². The Morgan fingerprint density at radius 3 is 0.938 bits per heavy atom. The van der Waals surface area contributed by atoms with Crippen molar-refractivity contribution in [1.82, 2.24) is 27.1 Å². The van der Waals surface area contributed by atoms with Gasteiger partial charge in [0, 0.05) is 65.0 Å². The average Bonchev–Trinajstić information content (AvgIpc) is 1.00. The summed E-state index contributed by atoms with van der Waals surface area (Å²) in [6, 6.07) is 13.5. The summed E-state index contributed by atoms with van der Waals surface area (Å²) >= 11 is 30.8. The van der Waals surface area contributed by atoms with Crippen LogP contribution < -0.4 is 30.1 Å². The highest BCUT2D eigenvalue weighted by molar-refractivity contribution is 9.11. The Hall–Kier alpha value is -3.12. The van der Waals surface area contributed by atoms with Crippen molar-refractivity contribution in [2.75, 3.05) is 36.9 Å². The van der Waals surface area contributed by atoms with Gasteiger partial charge >= 0.3 is 0 Å². The second-order valence-electron chi connectivity index (χ2n) is 16.4. The third kappa shape index (κ3) is 17.7. The lowest BCUT2D eigenvalue weighted by atomic mass is 10.1. The predicted octanol–water partition coefficient (Wildman–Crippen LogP) is 12.5. The van der Waals surface area contributed by atoms with Crippen LogP contribution in [0.25, 0.3) is 0 Å². The quantitative estimate of drug-likeness (QED) is 0.0806. The number of rotatable bonds is 9. The molecule has 6 atom stereocenters. The number of benzene rings is 3. The molecule has 0 bridgehead atoms. The molecule has 3 aliphatic rings. The molecule has 3 aromatic carbocycles. The lowest BCUT2D eigenvalue weighted by Crippen LogP contribution is -2.55. The van der Waals surface area contributed by atoms with Crippen molar-refractivity contribution in [2.24, 2.45) is 0 Å². The predicted molar refractivity (Wildman–Crippen MR) is 329 cm³/mol. The summed E-state index contributed by atoms with van der Waals surface area (Å²) in [5.41, 5.74) is 0.328. The van der Waals surface area contributed by atoms with E-state index in [9.17, 15) is 52.8 Å². The Morgan fingerprint density at radius 1 is 0.494 bits per heavy atom. The Morgan fingerprint density at radius 2 is 0.741 bits per heavy atom. The molecule has 6 N–H and O–H groups in total. The highest BCUT2D eigenvalue weighted by atomic mass is 79.9. The second kappa shape index (κ2) is 29.3. The molecule has 0 radical (unpaired) electrons. The lowest BCUT2D eigenvalue weighted by molar-refractivity contribution is -0.120. The maximum Gasteiger partial charge on any atom is 0.280 e. The molecule has 3 aromatic heterocycles. The minimum atomic E-state index is -4.51. The fraction of sp³-hybridized carbons (Fsp3) is 0.312. The van der Waals surface area contributed by atoms with Gasteiger partial charge in [0.2, 0.25) is 17.7 Å². The number of nitrogens with zero attached hydrogens (tertiary/aromatic N) is 3. The highest BCUT2D eigenvalue weighted by Gasteiger charge is 2.44. The molecule has 6 heterocycles. The van der Waals surface area contributed by atoms with Crippen molar-refractivity contribution in [3.05, 3.63) is 150 Å². The summed E-state index contributed by atoms with van der Waals surface area (Å²) in [5.74, 6) is -4.68. The van der Waals surface area contributed by atoms with Gasteiger partial charge in [0.05, 0.1) is 44.6 Å². The van der Waals surface area contributed by atoms with Gasteiger partial charge in [-0.05, 0) is 158 Å². The number of thiophene rings is 3. The monoisotopic (exact) mass is 1500 g/mol. The molecule has 444 valence electrons. The largest absolute Gasteiger partial charge is 0.325 e. The SMILES string of the molecule is C.C.C.[2H]C([2H])([2H])N1C(C(=O)Nc2ccc(F)c(Cl)c2)CC(c2ccc(Br)s2)NS1(=O)=O.[2H]C([2H])([2H])N1[C@@H](C(=O)Nc2ccc(F)c(Cl)c2)C[C@@H](c2ccc(Br)s2)NS1(=O)=O.[2H]C([2H])([2H])N1[C@H](C(=O)Nc2ccc(F)c(Cl)c2)C[C@H](c2ccc(Br)s2)NS1(=O)=O. The van der Waals surface area contributed by atoms with Crippen molar-refractivity contribution >= 4 is 182 Å². The Labute approximate surface area is 534 Å². The van der Waals surface area contributed by atoms with Crippen LogP contribution in [0.1, 0.15) is 86.6 Å². The normalized spacial score (nSPS) is 24.2. The van der Waals surface area contributed by atoms with Gasteiger partial charge in [-0.1, -0.05) is 57.1 Å². The summed E-state index contributed by atoms with van der Waals surface area (Å²) in [6.45, 7) is -9.26. The molecule has 3 amide bonds. The van der Waals surface area contributed by atoms with E-state index in [1.165, 1.54) is 52.2 Å². The number of likely N-dealkylation sites (N-methyl/N-ethyl adjacent to an activating group) is 3. The number of anilines is 3. The fourth-order valence-electron chi connectivity index (χ4n) is 7.42. The van der Waals surface area contributed by atoms with Crippen LogP contribution in [0.5, 0.6) is 0 Å². The van der Waals surface area contributed by atoms with Crippen LogP contribution in [0.15, 0.2) is 102 Å². The summed E-state index contributed by atoms with van der Waals surface area (Å²) in [6.07, 6.45) is -0.359. The highest BCUT2D eigenvalue weighted by Crippen LogP contribution is 2.38. The maximum absolute atomic E-state index is 13.3. The molecule has 3 saturated heterocycles. The third-order valence-electron chi connectivity index (χ3n) is 11.2. The first-order chi connectivity index (χ1) is 40.1. The van der Waals surface area contributed by atoms with Crippen LogP contribution in [-0.2, 0) is 45.0 Å². The van der Waals surface area contributed by atoms with Crippen LogP contribution in [-0.4, -0.2) is 94.9 Å². The first-order valence-corrected chi connectivity index (χ1v) is 31.9. The Balaban J connectivity index is 0.000000284. The summed E-state index contributed by atoms with van der Waals surface area (Å²) < 4.78 is 194. The van der Waals surface area contributed by atoms with E-state index in [1.54, 1.807) is 36.4 Å². The van der Waals surface area contributed by atoms with Crippen molar-refractivity contribution in [3.63, 3.8) is 0 Å². The van der Waals surface area contributed by atoms with Gasteiger partial charge in [-0.3, -0.25) is 14.4 Å². The topological polar surface area (TPSA) is 236 Å². The van der Waals surface area contributed by atoms with Gasteiger partial charge in [-0.25, -0.2) is 13.2 Å². The van der Waals surface area contributed by atoms with Crippen LogP contribution >= 0.6 is 117 Å². The Bertz CT molecular complexity index is 3550. The molecule has 6 aromatic rings. The number of hydrogen-bond acceptors (Lipinski definition) is 12. The average molecular weight is 1510 g/mol. The fourth-order valence-corrected chi connectivity index (χ4v) is 16.3. The number of hydrogen-bond donors (Lipinski definition) is 6. The Kier molecular flexibility index (Phi) is 20.6. The number of halogens is 9. The zero-order chi connectivity index (χ0) is 64.7. The summed E-state index contributed by atoms with van der Waals surface area (Å²) in [4.78, 5) is 40.4. The van der Waals surface area contributed by atoms with Crippen molar-refractivity contribution in [1.29, 1.82) is 0 Å². The molecule has 9 rings (SSSR count). The standard InChI is InChI=1S/3C15H14BrClFN3O3S2.3CH4/c3*1-21-12(15(22)19-8-2-3-10(18)9(17)6-8)7-11(20-26(21,23)24)13-4-5-14(16)25-13;;;/h3*2-6,11-12,20H,7H2,1H3,(H,19,22);3*1H4/t2*11-,12+;;;;/m10..../s1/i3*1D3;;;. The first kappa shape index (κ1) is 57.0. The van der Waals surface area contributed by atoms with E-state index in [1.807, 2.05) is 0 Å². The van der Waals surface area contributed by atoms with E-state index in [0.717, 1.165) is 47.8 Å². The second-order valence-corrected chi connectivity index (χ2v) is 29.9. The van der Waals surface area contributed by atoms with E-state index in [-0.39, 0.29) is 86.6 Å². The zero-order valence-corrected chi connectivity index (χ0v) is 50.5. The number of nitrogens with one attached hydrogen (secondary N) is 6. The van der Waals surface area contributed by atoms with Crippen LogP contribution in [0.4, 0.5) is 30.2 Å². The molecule has 3 aliphatic heterocycles. The molecule has 0 aliphatic carbocycles. The minimum absolute atomic E-state index is 0. The van der Waals surface area contributed by atoms with E-state index in [4.69, 9.17) is 47.1 Å². The number of amides is 3. The van der Waals surface area contributed by atoms with Gasteiger partial charge in [0.1, 0.15) is 35.6 Å². The van der Waals surface area contributed by atoms with Crippen LogP contribution in [0, 0.1) is 17.5 Å². The van der Waals surface area contributed by atoms with Gasteiger partial charge in [0.15, 0.2) is 0 Å². The molecular weight excluding hydrogens is 1440 g/mol. The van der Waals surface area contributed by atoms with Gasteiger partial charge in [-0.15, -0.1) is 34.0 Å². The zero-order valence-electron chi connectivity index (χ0n) is 47.6. The molecule has 0 spiro atoms. The molecule has 81 heavy (non-hydrogen) atoms. The third-order valence-corrected chi connectivity index (χ3v) is 21.3.